The Bertz CT molecular complexity index is 960. The highest BCUT2D eigenvalue weighted by Crippen LogP contribution is 2.21. The Morgan fingerprint density at radius 1 is 0.970 bits per heavy atom. The summed E-state index contributed by atoms with van der Waals surface area (Å²) in [7, 11) is -3.53. The third kappa shape index (κ3) is 7.68. The number of carbonyl (C=O) groups is 3. The van der Waals surface area contributed by atoms with E-state index in [9.17, 15) is 22.8 Å². The van der Waals surface area contributed by atoms with Crippen LogP contribution in [-0.4, -0.2) is 56.4 Å². The second kappa shape index (κ2) is 11.9. The van der Waals surface area contributed by atoms with Crippen molar-refractivity contribution in [1.29, 1.82) is 0 Å². The Labute approximate surface area is 194 Å². The first-order valence-electron chi connectivity index (χ1n) is 11.4. The first kappa shape index (κ1) is 24.9. The molecule has 0 bridgehead atoms. The quantitative estimate of drug-likeness (QED) is 0.460. The topological polar surface area (TPSA) is 122 Å². The van der Waals surface area contributed by atoms with Crippen molar-refractivity contribution in [1.82, 2.24) is 14.9 Å². The van der Waals surface area contributed by atoms with E-state index >= 15 is 0 Å². The lowest BCUT2D eigenvalue weighted by Crippen LogP contribution is -2.44. The van der Waals surface area contributed by atoms with Gasteiger partial charge in [0.1, 0.15) is 0 Å². The number of esters is 1. The van der Waals surface area contributed by atoms with Crippen LogP contribution in [0.4, 0.5) is 4.79 Å². The van der Waals surface area contributed by atoms with E-state index in [1.54, 1.807) is 12.1 Å². The Morgan fingerprint density at radius 2 is 1.61 bits per heavy atom. The molecule has 33 heavy (non-hydrogen) atoms. The summed E-state index contributed by atoms with van der Waals surface area (Å²) in [6, 6.07) is 5.73. The Balaban J connectivity index is 1.44. The van der Waals surface area contributed by atoms with Crippen molar-refractivity contribution < 1.29 is 27.5 Å². The van der Waals surface area contributed by atoms with Gasteiger partial charge < -0.3 is 10.1 Å². The summed E-state index contributed by atoms with van der Waals surface area (Å²) in [5, 5.41) is 4.85. The van der Waals surface area contributed by atoms with E-state index in [1.807, 2.05) is 0 Å². The average molecular weight is 478 g/mol. The van der Waals surface area contributed by atoms with Crippen molar-refractivity contribution in [3.8, 4) is 0 Å². The minimum Gasteiger partial charge on any atom is -0.452 e. The zero-order chi connectivity index (χ0) is 23.7. The fourth-order valence-electron chi connectivity index (χ4n) is 3.99. The standard InChI is InChI=1S/C23H31N3O6S/c27-21(25-23(29)24-19-7-3-4-8-19)17-32-22(28)14-11-18-9-12-20(13-10-18)33(30,31)26-15-5-1-2-6-16-26/h9-14,19H,1-8,15-17H2,(H2,24,25,27,29). The van der Waals surface area contributed by atoms with Crippen LogP contribution in [0.2, 0.25) is 0 Å². The number of carbonyl (C=O) groups excluding carboxylic acids is 3. The van der Waals surface area contributed by atoms with Crippen molar-refractivity contribution in [3.05, 3.63) is 35.9 Å². The third-order valence-electron chi connectivity index (χ3n) is 5.78. The molecule has 180 valence electrons. The van der Waals surface area contributed by atoms with E-state index in [4.69, 9.17) is 4.74 Å². The van der Waals surface area contributed by atoms with Crippen molar-refractivity contribution >= 4 is 34.0 Å². The van der Waals surface area contributed by atoms with Gasteiger partial charge in [-0.1, -0.05) is 37.8 Å². The third-order valence-corrected chi connectivity index (χ3v) is 7.70. The Hall–Kier alpha value is -2.72. The number of benzene rings is 1. The van der Waals surface area contributed by atoms with E-state index in [1.165, 1.54) is 22.5 Å². The van der Waals surface area contributed by atoms with Gasteiger partial charge in [0.05, 0.1) is 4.90 Å². The molecular formula is C23H31N3O6S. The molecular weight excluding hydrogens is 446 g/mol. The second-order valence-corrected chi connectivity index (χ2v) is 10.3. The van der Waals surface area contributed by atoms with Crippen molar-refractivity contribution in [2.75, 3.05) is 19.7 Å². The maximum atomic E-state index is 12.8. The molecule has 0 atom stereocenters. The molecule has 3 amide bonds. The predicted octanol–water partition coefficient (Wildman–Crippen LogP) is 2.58. The van der Waals surface area contributed by atoms with Crippen molar-refractivity contribution in [2.45, 2.75) is 62.3 Å². The maximum Gasteiger partial charge on any atom is 0.331 e. The summed E-state index contributed by atoms with van der Waals surface area (Å²) >= 11 is 0. The number of hydrogen-bond donors (Lipinski definition) is 2. The van der Waals surface area contributed by atoms with Gasteiger partial charge in [-0.15, -0.1) is 0 Å². The molecule has 2 aliphatic rings. The zero-order valence-corrected chi connectivity index (χ0v) is 19.4. The highest BCUT2D eigenvalue weighted by molar-refractivity contribution is 7.89. The SMILES string of the molecule is O=C(COC(=O)C=Cc1ccc(S(=O)(=O)N2CCCCCC2)cc1)NC(=O)NC1CCCC1. The molecule has 1 saturated carbocycles. The molecule has 3 rings (SSSR count). The van der Waals surface area contributed by atoms with Crippen LogP contribution in [0.3, 0.4) is 0 Å². The Morgan fingerprint density at radius 3 is 2.24 bits per heavy atom. The molecule has 2 fully saturated rings. The first-order valence-corrected chi connectivity index (χ1v) is 12.8. The summed E-state index contributed by atoms with van der Waals surface area (Å²) < 4.78 is 32.0. The van der Waals surface area contributed by atoms with E-state index in [0.29, 0.717) is 18.7 Å². The number of nitrogens with one attached hydrogen (secondary N) is 2. The van der Waals surface area contributed by atoms with Gasteiger partial charge >= 0.3 is 12.0 Å². The fourth-order valence-corrected chi connectivity index (χ4v) is 5.50. The van der Waals surface area contributed by atoms with Gasteiger partial charge in [-0.2, -0.15) is 4.31 Å². The predicted molar refractivity (Wildman–Crippen MR) is 123 cm³/mol. The number of rotatable bonds is 7. The fraction of sp³-hybridized carbons (Fsp3) is 0.522. The molecule has 1 heterocycles. The normalized spacial score (nSPS) is 18.1. The molecule has 1 saturated heterocycles. The molecule has 9 nitrogen and oxygen atoms in total. The second-order valence-electron chi connectivity index (χ2n) is 8.33. The minimum absolute atomic E-state index is 0.0778. The first-order chi connectivity index (χ1) is 15.8. The zero-order valence-electron chi connectivity index (χ0n) is 18.6. The highest BCUT2D eigenvalue weighted by Gasteiger charge is 2.24. The molecule has 1 aromatic rings. The van der Waals surface area contributed by atoms with Crippen LogP contribution in [0.25, 0.3) is 6.08 Å². The van der Waals surface area contributed by atoms with Crippen LogP contribution in [-0.2, 0) is 24.3 Å². The largest absolute Gasteiger partial charge is 0.452 e. The average Bonchev–Trinajstić information content (AvgIpc) is 3.14. The van der Waals surface area contributed by atoms with Gasteiger partial charge in [0.15, 0.2) is 6.61 Å². The van der Waals surface area contributed by atoms with Gasteiger partial charge in [0.2, 0.25) is 10.0 Å². The number of ether oxygens (including phenoxy) is 1. The van der Waals surface area contributed by atoms with Crippen LogP contribution < -0.4 is 10.6 Å². The lowest BCUT2D eigenvalue weighted by atomic mass is 10.2. The summed E-state index contributed by atoms with van der Waals surface area (Å²) in [6.07, 6.45) is 10.3. The van der Waals surface area contributed by atoms with E-state index < -0.39 is 34.5 Å². The molecule has 0 spiro atoms. The van der Waals surface area contributed by atoms with Gasteiger partial charge in [-0.25, -0.2) is 18.0 Å². The molecule has 2 N–H and O–H groups in total. The highest BCUT2D eigenvalue weighted by atomic mass is 32.2. The number of hydrogen-bond acceptors (Lipinski definition) is 6. The van der Waals surface area contributed by atoms with Crippen LogP contribution in [0, 0.1) is 0 Å². The van der Waals surface area contributed by atoms with Gasteiger partial charge in [-0.05, 0) is 49.5 Å². The van der Waals surface area contributed by atoms with Crippen molar-refractivity contribution in [3.63, 3.8) is 0 Å². The van der Waals surface area contributed by atoms with E-state index in [0.717, 1.165) is 57.4 Å². The van der Waals surface area contributed by atoms with E-state index in [2.05, 4.69) is 10.6 Å². The molecule has 0 radical (unpaired) electrons. The molecule has 1 aliphatic heterocycles. The van der Waals surface area contributed by atoms with Crippen LogP contribution >= 0.6 is 0 Å². The molecule has 0 unspecified atom stereocenters. The van der Waals surface area contributed by atoms with Crippen LogP contribution in [0.15, 0.2) is 35.2 Å². The number of amides is 3. The number of sulfonamides is 1. The lowest BCUT2D eigenvalue weighted by Gasteiger charge is -2.19. The molecule has 10 heteroatoms. The number of urea groups is 1. The van der Waals surface area contributed by atoms with Gasteiger partial charge in [-0.3, -0.25) is 10.1 Å². The number of imide groups is 1. The Kier molecular flexibility index (Phi) is 9.02. The number of nitrogens with zero attached hydrogens (tertiary/aromatic N) is 1. The molecule has 1 aliphatic carbocycles. The monoisotopic (exact) mass is 477 g/mol. The van der Waals surface area contributed by atoms with Crippen molar-refractivity contribution in [2.24, 2.45) is 0 Å². The molecule has 0 aromatic heterocycles. The summed E-state index contributed by atoms with van der Waals surface area (Å²) in [5.41, 5.74) is 0.613. The van der Waals surface area contributed by atoms with Crippen LogP contribution in [0.5, 0.6) is 0 Å². The van der Waals surface area contributed by atoms with Gasteiger partial charge in [0, 0.05) is 25.2 Å². The molecule has 1 aromatic carbocycles. The van der Waals surface area contributed by atoms with Crippen LogP contribution in [0.1, 0.15) is 56.9 Å². The van der Waals surface area contributed by atoms with Gasteiger partial charge in [0.25, 0.3) is 5.91 Å². The maximum absolute atomic E-state index is 12.8. The smallest absolute Gasteiger partial charge is 0.331 e. The minimum atomic E-state index is -3.53. The summed E-state index contributed by atoms with van der Waals surface area (Å²) in [5.74, 6) is -1.46. The summed E-state index contributed by atoms with van der Waals surface area (Å²) in [6.45, 7) is 0.492. The lowest BCUT2D eigenvalue weighted by molar-refractivity contribution is -0.143. The summed E-state index contributed by atoms with van der Waals surface area (Å²) in [4.78, 5) is 35.6. The van der Waals surface area contributed by atoms with E-state index in [-0.39, 0.29) is 10.9 Å².